The number of ether oxygens (including phenoxy) is 1. The fraction of sp³-hybridized carbons (Fsp3) is 0.692. The number of nitrogens with zero attached hydrogens (tertiary/aromatic N) is 3. The van der Waals surface area contributed by atoms with Gasteiger partial charge in [-0.1, -0.05) is 0 Å². The third-order valence-corrected chi connectivity index (χ3v) is 3.58. The van der Waals surface area contributed by atoms with Crippen LogP contribution in [0.4, 0.5) is 0 Å². The van der Waals surface area contributed by atoms with Gasteiger partial charge in [-0.05, 0) is 19.8 Å². The maximum Gasteiger partial charge on any atom is 0.255 e. The van der Waals surface area contributed by atoms with Crippen LogP contribution < -0.4 is 0 Å². The first-order valence-electron chi connectivity index (χ1n) is 6.57. The molecule has 19 heavy (non-hydrogen) atoms. The van der Waals surface area contributed by atoms with Gasteiger partial charge in [0, 0.05) is 32.6 Å². The second-order valence-corrected chi connectivity index (χ2v) is 5.09. The molecule has 1 aliphatic heterocycles. The van der Waals surface area contributed by atoms with Gasteiger partial charge in [0.2, 0.25) is 0 Å². The van der Waals surface area contributed by atoms with Gasteiger partial charge in [-0.25, -0.2) is 4.98 Å². The Morgan fingerprint density at radius 2 is 2.47 bits per heavy atom. The molecule has 0 bridgehead atoms. The van der Waals surface area contributed by atoms with Crippen molar-refractivity contribution in [2.24, 2.45) is 7.05 Å². The summed E-state index contributed by atoms with van der Waals surface area (Å²) in [5.74, 6) is 0.727. The quantitative estimate of drug-likeness (QED) is 0.833. The van der Waals surface area contributed by atoms with Gasteiger partial charge in [0.25, 0.3) is 5.91 Å². The van der Waals surface area contributed by atoms with Crippen molar-refractivity contribution >= 4 is 5.91 Å². The molecule has 2 rings (SSSR count). The first kappa shape index (κ1) is 14.0. The summed E-state index contributed by atoms with van der Waals surface area (Å²) in [5.41, 5.74) is -0.750. The Morgan fingerprint density at radius 1 is 1.68 bits per heavy atom. The molecular weight excluding hydrogens is 246 g/mol. The van der Waals surface area contributed by atoms with Crippen LogP contribution >= 0.6 is 0 Å². The van der Waals surface area contributed by atoms with Crippen molar-refractivity contribution in [3.05, 3.63) is 18.2 Å². The molecule has 1 amide bonds. The van der Waals surface area contributed by atoms with Gasteiger partial charge in [-0.15, -0.1) is 0 Å². The molecule has 1 N–H and O–H groups in total. The van der Waals surface area contributed by atoms with Gasteiger partial charge in [0.05, 0.1) is 13.2 Å². The number of imidazole rings is 1. The van der Waals surface area contributed by atoms with E-state index in [9.17, 15) is 4.79 Å². The minimum atomic E-state index is -0.750. The molecule has 0 spiro atoms. The van der Waals surface area contributed by atoms with Crippen LogP contribution in [0.3, 0.4) is 0 Å². The molecular formula is C13H21N3O3. The van der Waals surface area contributed by atoms with E-state index in [-0.39, 0.29) is 12.5 Å². The third-order valence-electron chi connectivity index (χ3n) is 3.58. The van der Waals surface area contributed by atoms with Crippen molar-refractivity contribution in [3.63, 3.8) is 0 Å². The summed E-state index contributed by atoms with van der Waals surface area (Å²) in [7, 11) is 1.89. The van der Waals surface area contributed by atoms with Crippen molar-refractivity contribution in [2.75, 3.05) is 19.8 Å². The predicted octanol–water partition coefficient (Wildman–Crippen LogP) is 0.310. The highest BCUT2D eigenvalue weighted by Gasteiger charge is 2.40. The van der Waals surface area contributed by atoms with E-state index in [0.717, 1.165) is 18.7 Å². The molecule has 1 unspecified atom stereocenters. The van der Waals surface area contributed by atoms with Crippen LogP contribution in [0.15, 0.2) is 12.4 Å². The number of aryl methyl sites for hydroxylation is 1. The summed E-state index contributed by atoms with van der Waals surface area (Å²) < 4.78 is 7.45. The molecule has 0 aliphatic carbocycles. The number of carbonyl (C=O) groups excluding carboxylic acids is 1. The van der Waals surface area contributed by atoms with Crippen LogP contribution in [0, 0.1) is 0 Å². The summed E-state index contributed by atoms with van der Waals surface area (Å²) in [6, 6.07) is 0. The van der Waals surface area contributed by atoms with E-state index >= 15 is 0 Å². The average molecular weight is 267 g/mol. The molecule has 1 saturated heterocycles. The number of carbonyl (C=O) groups is 1. The fourth-order valence-electron chi connectivity index (χ4n) is 2.37. The summed E-state index contributed by atoms with van der Waals surface area (Å²) in [6.07, 6.45) is 5.17. The number of aliphatic hydroxyl groups is 1. The zero-order valence-corrected chi connectivity index (χ0v) is 11.5. The van der Waals surface area contributed by atoms with Crippen LogP contribution in [0.5, 0.6) is 0 Å². The van der Waals surface area contributed by atoms with E-state index in [1.54, 1.807) is 11.1 Å². The molecule has 1 atom stereocenters. The van der Waals surface area contributed by atoms with Crippen molar-refractivity contribution in [1.29, 1.82) is 0 Å². The second kappa shape index (κ2) is 5.71. The lowest BCUT2D eigenvalue weighted by Gasteiger charge is -2.30. The van der Waals surface area contributed by atoms with E-state index in [1.165, 1.54) is 0 Å². The van der Waals surface area contributed by atoms with E-state index in [2.05, 4.69) is 4.98 Å². The minimum Gasteiger partial charge on any atom is -0.395 e. The Balaban J connectivity index is 2.11. The zero-order valence-electron chi connectivity index (χ0n) is 11.5. The van der Waals surface area contributed by atoms with Gasteiger partial charge in [-0.2, -0.15) is 0 Å². The highest BCUT2D eigenvalue weighted by molar-refractivity contribution is 5.85. The first-order chi connectivity index (χ1) is 9.07. The second-order valence-electron chi connectivity index (χ2n) is 5.09. The molecule has 0 radical (unpaired) electrons. The molecule has 0 saturated carbocycles. The third kappa shape index (κ3) is 2.96. The Bertz CT molecular complexity index is 438. The molecule has 6 nitrogen and oxygen atoms in total. The SMILES string of the molecule is Cn1ccnc1CN(CCO)C(=O)C1(C)CCCO1. The van der Waals surface area contributed by atoms with Gasteiger partial charge >= 0.3 is 0 Å². The minimum absolute atomic E-state index is 0.0633. The molecule has 0 aromatic carbocycles. The van der Waals surface area contributed by atoms with Gasteiger partial charge in [-0.3, -0.25) is 4.79 Å². The number of aromatic nitrogens is 2. The van der Waals surface area contributed by atoms with Crippen molar-refractivity contribution < 1.29 is 14.6 Å². The van der Waals surface area contributed by atoms with E-state index in [0.29, 0.717) is 19.7 Å². The largest absolute Gasteiger partial charge is 0.395 e. The van der Waals surface area contributed by atoms with E-state index in [1.807, 2.05) is 24.7 Å². The average Bonchev–Trinajstić information content (AvgIpc) is 2.99. The molecule has 1 aromatic heterocycles. The maximum atomic E-state index is 12.5. The highest BCUT2D eigenvalue weighted by atomic mass is 16.5. The number of aliphatic hydroxyl groups excluding tert-OH is 1. The Labute approximate surface area is 113 Å². The van der Waals surface area contributed by atoms with Gasteiger partial charge < -0.3 is 19.3 Å². The van der Waals surface area contributed by atoms with Gasteiger partial charge in [0.1, 0.15) is 11.4 Å². The molecule has 106 valence electrons. The molecule has 1 aromatic rings. The van der Waals surface area contributed by atoms with Crippen molar-refractivity contribution in [2.45, 2.75) is 31.9 Å². The molecule has 1 aliphatic rings. The molecule has 6 heteroatoms. The van der Waals surface area contributed by atoms with Crippen LogP contribution in [0.25, 0.3) is 0 Å². The summed E-state index contributed by atoms with van der Waals surface area (Å²) in [5, 5.41) is 9.15. The van der Waals surface area contributed by atoms with Crippen molar-refractivity contribution in [1.82, 2.24) is 14.5 Å². The summed E-state index contributed by atoms with van der Waals surface area (Å²) in [6.45, 7) is 3.07. The molecule has 1 fully saturated rings. The topological polar surface area (TPSA) is 67.6 Å². The summed E-state index contributed by atoms with van der Waals surface area (Å²) >= 11 is 0. The number of amides is 1. The zero-order chi connectivity index (χ0) is 13.9. The van der Waals surface area contributed by atoms with E-state index in [4.69, 9.17) is 9.84 Å². The fourth-order valence-corrected chi connectivity index (χ4v) is 2.37. The Kier molecular flexibility index (Phi) is 4.21. The van der Waals surface area contributed by atoms with Crippen LogP contribution in [-0.2, 0) is 23.1 Å². The first-order valence-corrected chi connectivity index (χ1v) is 6.57. The predicted molar refractivity (Wildman–Crippen MR) is 69.3 cm³/mol. The van der Waals surface area contributed by atoms with Crippen LogP contribution in [0.1, 0.15) is 25.6 Å². The molecule has 2 heterocycles. The normalized spacial score (nSPS) is 22.7. The number of rotatable bonds is 5. The Hall–Kier alpha value is -1.40. The Morgan fingerprint density at radius 3 is 3.00 bits per heavy atom. The smallest absolute Gasteiger partial charge is 0.255 e. The van der Waals surface area contributed by atoms with Crippen LogP contribution in [0.2, 0.25) is 0 Å². The van der Waals surface area contributed by atoms with E-state index < -0.39 is 5.60 Å². The van der Waals surface area contributed by atoms with Gasteiger partial charge in [0.15, 0.2) is 0 Å². The lowest BCUT2D eigenvalue weighted by atomic mass is 10.0. The summed E-state index contributed by atoms with van der Waals surface area (Å²) in [4.78, 5) is 18.4. The standard InChI is InChI=1S/C13H21N3O3/c1-13(4-3-9-19-13)12(18)16(7-8-17)10-11-14-5-6-15(11)2/h5-6,17H,3-4,7-10H2,1-2H3. The number of hydrogen-bond acceptors (Lipinski definition) is 4. The monoisotopic (exact) mass is 267 g/mol. The lowest BCUT2D eigenvalue weighted by Crippen LogP contribution is -2.47. The maximum absolute atomic E-state index is 12.5. The van der Waals surface area contributed by atoms with Crippen molar-refractivity contribution in [3.8, 4) is 0 Å². The van der Waals surface area contributed by atoms with Crippen LogP contribution in [-0.4, -0.2) is 50.8 Å². The lowest BCUT2D eigenvalue weighted by molar-refractivity contribution is -0.152. The highest BCUT2D eigenvalue weighted by Crippen LogP contribution is 2.27. The number of hydrogen-bond donors (Lipinski definition) is 1.